The molecule has 0 saturated heterocycles. The fourth-order valence-corrected chi connectivity index (χ4v) is 2.27. The van der Waals surface area contributed by atoms with Crippen LogP contribution < -0.4 is 0 Å². The van der Waals surface area contributed by atoms with Gasteiger partial charge in [-0.15, -0.1) is 0 Å². The summed E-state index contributed by atoms with van der Waals surface area (Å²) in [6, 6.07) is 0.184. The average Bonchev–Trinajstić information content (AvgIpc) is 2.75. The maximum absolute atomic E-state index is 12.6. The zero-order valence-electron chi connectivity index (χ0n) is 13.5. The van der Waals surface area contributed by atoms with Crippen LogP contribution >= 0.6 is 0 Å². The van der Waals surface area contributed by atoms with Crippen molar-refractivity contribution in [2.24, 2.45) is 5.92 Å². The van der Waals surface area contributed by atoms with Crippen molar-refractivity contribution in [1.82, 2.24) is 14.7 Å². The predicted octanol–water partition coefficient (Wildman–Crippen LogP) is 2.35. The summed E-state index contributed by atoms with van der Waals surface area (Å²) >= 11 is 0. The third-order valence-electron chi connectivity index (χ3n) is 3.23. The number of carboxylic acids is 1. The Kier molecular flexibility index (Phi) is 5.93. The molecule has 118 valence electrons. The molecule has 1 aromatic rings. The molecule has 0 fully saturated rings. The van der Waals surface area contributed by atoms with Crippen molar-refractivity contribution in [3.05, 3.63) is 17.5 Å². The summed E-state index contributed by atoms with van der Waals surface area (Å²) < 4.78 is 1.80. The standard InChI is InChI=1S/C15H25N3O3/c1-10(2)9-17(7-6-14(19)20)15(21)13-8-16-18(11(3)4)12(13)5/h8,10-11H,6-7,9H2,1-5H3,(H,19,20). The minimum atomic E-state index is -0.897. The summed E-state index contributed by atoms with van der Waals surface area (Å²) in [5, 5.41) is 13.1. The third-order valence-corrected chi connectivity index (χ3v) is 3.23. The molecule has 6 heteroatoms. The van der Waals surface area contributed by atoms with Crippen molar-refractivity contribution in [3.63, 3.8) is 0 Å². The van der Waals surface area contributed by atoms with Crippen molar-refractivity contribution in [2.45, 2.75) is 47.1 Å². The van der Waals surface area contributed by atoms with E-state index in [1.165, 1.54) is 0 Å². The van der Waals surface area contributed by atoms with Crippen LogP contribution in [0.2, 0.25) is 0 Å². The largest absolute Gasteiger partial charge is 0.481 e. The quantitative estimate of drug-likeness (QED) is 0.837. The van der Waals surface area contributed by atoms with Gasteiger partial charge in [0.1, 0.15) is 0 Å². The first-order chi connectivity index (χ1) is 9.73. The molecule has 0 radical (unpaired) electrons. The second kappa shape index (κ2) is 7.24. The lowest BCUT2D eigenvalue weighted by Gasteiger charge is -2.24. The first-order valence-electron chi connectivity index (χ1n) is 7.29. The molecular formula is C15H25N3O3. The molecule has 0 spiro atoms. The number of rotatable bonds is 7. The Balaban J connectivity index is 2.96. The summed E-state index contributed by atoms with van der Waals surface area (Å²) in [6.45, 7) is 10.6. The van der Waals surface area contributed by atoms with Gasteiger partial charge in [0.25, 0.3) is 5.91 Å². The molecule has 0 unspecified atom stereocenters. The maximum atomic E-state index is 12.6. The van der Waals surface area contributed by atoms with Crippen LogP contribution in [0.1, 0.15) is 56.2 Å². The number of hydrogen-bond acceptors (Lipinski definition) is 3. The molecule has 0 atom stereocenters. The predicted molar refractivity (Wildman–Crippen MR) is 80.3 cm³/mol. The number of nitrogens with zero attached hydrogens (tertiary/aromatic N) is 3. The van der Waals surface area contributed by atoms with E-state index in [0.29, 0.717) is 12.1 Å². The molecule has 0 aliphatic heterocycles. The van der Waals surface area contributed by atoms with E-state index >= 15 is 0 Å². The molecule has 0 aliphatic rings. The van der Waals surface area contributed by atoms with Crippen molar-refractivity contribution in [3.8, 4) is 0 Å². The SMILES string of the molecule is Cc1c(C(=O)N(CCC(=O)O)CC(C)C)cnn1C(C)C. The van der Waals surface area contributed by atoms with Crippen LogP contribution in [-0.4, -0.2) is 44.8 Å². The highest BCUT2D eigenvalue weighted by Crippen LogP contribution is 2.16. The number of carbonyl (C=O) groups is 2. The lowest BCUT2D eigenvalue weighted by atomic mass is 10.1. The van der Waals surface area contributed by atoms with Crippen LogP contribution in [0.25, 0.3) is 0 Å². The Morgan fingerprint density at radius 2 is 1.95 bits per heavy atom. The highest BCUT2D eigenvalue weighted by Gasteiger charge is 2.22. The van der Waals surface area contributed by atoms with E-state index in [0.717, 1.165) is 5.69 Å². The normalized spacial score (nSPS) is 11.2. The number of carbonyl (C=O) groups excluding carboxylic acids is 1. The molecule has 0 saturated carbocycles. The smallest absolute Gasteiger partial charge is 0.305 e. The van der Waals surface area contributed by atoms with E-state index in [-0.39, 0.29) is 30.8 Å². The monoisotopic (exact) mass is 295 g/mol. The van der Waals surface area contributed by atoms with Crippen LogP contribution in [0.3, 0.4) is 0 Å². The summed E-state index contributed by atoms with van der Waals surface area (Å²) in [4.78, 5) is 25.0. The number of aromatic nitrogens is 2. The van der Waals surface area contributed by atoms with E-state index in [1.54, 1.807) is 15.8 Å². The molecule has 0 aliphatic carbocycles. The first-order valence-corrected chi connectivity index (χ1v) is 7.29. The van der Waals surface area contributed by atoms with Gasteiger partial charge >= 0.3 is 5.97 Å². The van der Waals surface area contributed by atoms with Crippen LogP contribution in [0, 0.1) is 12.8 Å². The number of aliphatic carboxylic acids is 1. The molecule has 1 heterocycles. The molecule has 1 N–H and O–H groups in total. The van der Waals surface area contributed by atoms with Crippen LogP contribution in [0.15, 0.2) is 6.20 Å². The van der Waals surface area contributed by atoms with Gasteiger partial charge in [0.2, 0.25) is 0 Å². The first kappa shape index (κ1) is 17.2. The van der Waals surface area contributed by atoms with Gasteiger partial charge in [0.05, 0.1) is 18.2 Å². The Morgan fingerprint density at radius 1 is 1.33 bits per heavy atom. The van der Waals surface area contributed by atoms with Gasteiger partial charge in [0.15, 0.2) is 0 Å². The van der Waals surface area contributed by atoms with Crippen molar-refractivity contribution < 1.29 is 14.7 Å². The Labute approximate surface area is 125 Å². The minimum absolute atomic E-state index is 0.0458. The van der Waals surface area contributed by atoms with Crippen molar-refractivity contribution in [1.29, 1.82) is 0 Å². The van der Waals surface area contributed by atoms with E-state index in [9.17, 15) is 9.59 Å². The molecule has 21 heavy (non-hydrogen) atoms. The number of carboxylic acid groups (broad SMARTS) is 1. The van der Waals surface area contributed by atoms with Gasteiger partial charge in [-0.3, -0.25) is 14.3 Å². The van der Waals surface area contributed by atoms with Gasteiger partial charge in [0, 0.05) is 24.8 Å². The maximum Gasteiger partial charge on any atom is 0.305 e. The number of amides is 1. The third kappa shape index (κ3) is 4.58. The summed E-state index contributed by atoms with van der Waals surface area (Å²) in [6.07, 6.45) is 1.53. The van der Waals surface area contributed by atoms with Crippen molar-refractivity contribution in [2.75, 3.05) is 13.1 Å². The van der Waals surface area contributed by atoms with Gasteiger partial charge in [-0.1, -0.05) is 13.8 Å². The van der Waals surface area contributed by atoms with Crippen LogP contribution in [0.4, 0.5) is 0 Å². The zero-order chi connectivity index (χ0) is 16.2. The summed E-state index contributed by atoms with van der Waals surface area (Å²) in [5.74, 6) is -0.760. The molecular weight excluding hydrogens is 270 g/mol. The molecule has 0 bridgehead atoms. The Morgan fingerprint density at radius 3 is 2.38 bits per heavy atom. The van der Waals surface area contributed by atoms with Gasteiger partial charge in [-0.2, -0.15) is 5.10 Å². The molecule has 1 aromatic heterocycles. The summed E-state index contributed by atoms with van der Waals surface area (Å²) in [7, 11) is 0. The van der Waals surface area contributed by atoms with E-state index in [2.05, 4.69) is 5.10 Å². The van der Waals surface area contributed by atoms with Crippen LogP contribution in [-0.2, 0) is 4.79 Å². The van der Waals surface area contributed by atoms with Gasteiger partial charge in [-0.25, -0.2) is 0 Å². The Bertz CT molecular complexity index is 506. The fourth-order valence-electron chi connectivity index (χ4n) is 2.27. The highest BCUT2D eigenvalue weighted by molar-refractivity contribution is 5.95. The van der Waals surface area contributed by atoms with E-state index in [4.69, 9.17) is 5.11 Å². The van der Waals surface area contributed by atoms with Gasteiger partial charge in [-0.05, 0) is 26.7 Å². The number of hydrogen-bond donors (Lipinski definition) is 1. The highest BCUT2D eigenvalue weighted by atomic mass is 16.4. The molecule has 1 rings (SSSR count). The molecule has 0 aromatic carbocycles. The minimum Gasteiger partial charge on any atom is -0.481 e. The topological polar surface area (TPSA) is 75.4 Å². The Hall–Kier alpha value is -1.85. The second-order valence-electron chi connectivity index (χ2n) is 5.97. The summed E-state index contributed by atoms with van der Waals surface area (Å²) in [5.41, 5.74) is 1.37. The average molecular weight is 295 g/mol. The lowest BCUT2D eigenvalue weighted by Crippen LogP contribution is -2.36. The van der Waals surface area contributed by atoms with E-state index < -0.39 is 5.97 Å². The van der Waals surface area contributed by atoms with Gasteiger partial charge < -0.3 is 10.0 Å². The zero-order valence-corrected chi connectivity index (χ0v) is 13.5. The van der Waals surface area contributed by atoms with Crippen LogP contribution in [0.5, 0.6) is 0 Å². The fraction of sp³-hybridized carbons (Fsp3) is 0.667. The molecule has 6 nitrogen and oxygen atoms in total. The van der Waals surface area contributed by atoms with E-state index in [1.807, 2.05) is 34.6 Å². The lowest BCUT2D eigenvalue weighted by molar-refractivity contribution is -0.137. The second-order valence-corrected chi connectivity index (χ2v) is 5.97. The van der Waals surface area contributed by atoms with Crippen molar-refractivity contribution >= 4 is 11.9 Å². The molecule has 1 amide bonds.